The smallest absolute Gasteiger partial charge is 0.230 e. The van der Waals surface area contributed by atoms with Crippen LogP contribution in [0.2, 0.25) is 0 Å². The minimum Gasteiger partial charge on any atom is -0.569 e. The monoisotopic (exact) mass is 190 g/mol. The number of nitrogens with one attached hydrogen (secondary N) is 1. The molecule has 0 heterocycles. The molecule has 2 N–H and O–H groups in total. The first-order chi connectivity index (χ1) is 6.13. The molecule has 0 atom stereocenters. The molecular weight excluding hydrogens is 172 g/mol. The van der Waals surface area contributed by atoms with Crippen LogP contribution >= 0.6 is 0 Å². The second kappa shape index (κ2) is 6.47. The first-order valence-electron chi connectivity index (χ1n) is 4.37. The molecule has 0 saturated carbocycles. The summed E-state index contributed by atoms with van der Waals surface area (Å²) in [7, 11) is 1.85. The first kappa shape index (κ1) is 12.0. The van der Waals surface area contributed by atoms with Gasteiger partial charge in [0, 0.05) is 0 Å². The van der Waals surface area contributed by atoms with Crippen molar-refractivity contribution < 1.29 is 10.2 Å². The van der Waals surface area contributed by atoms with Gasteiger partial charge in [0.15, 0.2) is 0 Å². The quantitative estimate of drug-likeness (QED) is 0.278. The van der Waals surface area contributed by atoms with Crippen LogP contribution in [0.5, 0.6) is 0 Å². The number of hydrogen-bond donors (Lipinski definition) is 2. The van der Waals surface area contributed by atoms with E-state index in [4.69, 9.17) is 5.21 Å². The Labute approximate surface area is 78.4 Å². The fourth-order valence-electron chi connectivity index (χ4n) is 1.01. The Morgan fingerprint density at radius 2 is 2.23 bits per heavy atom. The van der Waals surface area contributed by atoms with Gasteiger partial charge in [0.25, 0.3) is 0 Å². The normalized spacial score (nSPS) is 12.2. The molecule has 0 aromatic heterocycles. The Morgan fingerprint density at radius 1 is 1.62 bits per heavy atom. The predicted octanol–water partition coefficient (Wildman–Crippen LogP) is 0.573. The maximum Gasteiger partial charge on any atom is 0.230 e. The summed E-state index contributed by atoms with van der Waals surface area (Å²) in [6.07, 6.45) is 0.836. The third-order valence-corrected chi connectivity index (χ3v) is 1.71. The number of hydrazine groups is 1. The Morgan fingerprint density at radius 3 is 2.62 bits per heavy atom. The third-order valence-electron chi connectivity index (χ3n) is 1.71. The average molecular weight is 190 g/mol. The van der Waals surface area contributed by atoms with E-state index in [1.165, 1.54) is 5.01 Å². The van der Waals surface area contributed by atoms with Crippen molar-refractivity contribution in [2.45, 2.75) is 26.3 Å². The topological polar surface area (TPSA) is 73.9 Å². The van der Waals surface area contributed by atoms with Crippen LogP contribution in [0.25, 0.3) is 0 Å². The maximum absolute atomic E-state index is 11.0. The zero-order chi connectivity index (χ0) is 10.3. The second-order valence-corrected chi connectivity index (χ2v) is 3.06. The molecule has 0 spiro atoms. The summed E-state index contributed by atoms with van der Waals surface area (Å²) in [5.74, 6) is 0. The second-order valence-electron chi connectivity index (χ2n) is 3.06. The standard InChI is InChI=1S/C7H18N4O2/c1-7(2)10(11(13)9-12)6-4-5-8-3/h7-8,12H,4-6H2,1-3H3. The molecule has 0 fully saturated rings. The van der Waals surface area contributed by atoms with Gasteiger partial charge < -0.3 is 15.7 Å². The molecule has 0 rings (SSSR count). The summed E-state index contributed by atoms with van der Waals surface area (Å²) in [6.45, 7) is 5.15. The number of rotatable bonds is 6. The molecule has 0 bridgehead atoms. The molecule has 0 amide bonds. The van der Waals surface area contributed by atoms with Crippen LogP contribution < -0.4 is 5.32 Å². The van der Waals surface area contributed by atoms with Crippen molar-refractivity contribution >= 4 is 0 Å². The summed E-state index contributed by atoms with van der Waals surface area (Å²) < 4.78 is 0. The van der Waals surface area contributed by atoms with Crippen molar-refractivity contribution in [1.29, 1.82) is 0 Å². The summed E-state index contributed by atoms with van der Waals surface area (Å²) in [5, 5.41) is 26.2. The lowest BCUT2D eigenvalue weighted by atomic mass is 10.3. The van der Waals surface area contributed by atoms with Crippen molar-refractivity contribution in [2.75, 3.05) is 20.1 Å². The summed E-state index contributed by atoms with van der Waals surface area (Å²) in [4.78, 5) is 0.223. The molecule has 0 aliphatic rings. The van der Waals surface area contributed by atoms with Crippen molar-refractivity contribution in [3.63, 3.8) is 0 Å². The number of hydrogen-bond acceptors (Lipinski definition) is 3. The van der Waals surface area contributed by atoms with E-state index in [1.54, 1.807) is 0 Å². The molecule has 6 nitrogen and oxygen atoms in total. The van der Waals surface area contributed by atoms with E-state index in [-0.39, 0.29) is 11.0 Å². The summed E-state index contributed by atoms with van der Waals surface area (Å²) in [5.41, 5.74) is 0. The van der Waals surface area contributed by atoms with Crippen LogP contribution in [0.4, 0.5) is 0 Å². The molecule has 0 radical (unpaired) electrons. The predicted molar refractivity (Wildman–Crippen MR) is 48.2 cm³/mol. The van der Waals surface area contributed by atoms with Gasteiger partial charge in [-0.2, -0.15) is 0 Å². The highest BCUT2D eigenvalue weighted by Crippen LogP contribution is 1.99. The fourth-order valence-corrected chi connectivity index (χ4v) is 1.01. The van der Waals surface area contributed by atoms with Gasteiger partial charge in [-0.05, 0) is 33.9 Å². The van der Waals surface area contributed by atoms with E-state index in [1.807, 2.05) is 20.9 Å². The van der Waals surface area contributed by atoms with Crippen LogP contribution in [0.15, 0.2) is 5.28 Å². The Bertz CT molecular complexity index is 161. The van der Waals surface area contributed by atoms with E-state index in [9.17, 15) is 5.21 Å². The minimum absolute atomic E-state index is 0.0326. The van der Waals surface area contributed by atoms with Gasteiger partial charge in [-0.25, -0.2) is 0 Å². The van der Waals surface area contributed by atoms with Gasteiger partial charge in [0.1, 0.15) is 0 Å². The SMILES string of the molecule is CNCCCN(C(C)C)[N+]([O-])=NO. The largest absolute Gasteiger partial charge is 0.569 e. The molecule has 0 aromatic rings. The molecule has 0 saturated heterocycles. The summed E-state index contributed by atoms with van der Waals surface area (Å²) >= 11 is 0. The van der Waals surface area contributed by atoms with Gasteiger partial charge in [-0.3, -0.25) is 0 Å². The van der Waals surface area contributed by atoms with Crippen LogP contribution in [-0.2, 0) is 0 Å². The highest BCUT2D eigenvalue weighted by atomic mass is 16.6. The van der Waals surface area contributed by atoms with Crippen LogP contribution in [0, 0.1) is 5.21 Å². The number of nitrogens with zero attached hydrogens (tertiary/aromatic N) is 3. The molecule has 0 aromatic carbocycles. The molecule has 0 aliphatic carbocycles. The van der Waals surface area contributed by atoms with Crippen LogP contribution in [0.1, 0.15) is 20.3 Å². The van der Waals surface area contributed by atoms with Crippen molar-refractivity contribution in [2.24, 2.45) is 5.28 Å². The molecule has 0 unspecified atom stereocenters. The first-order valence-corrected chi connectivity index (χ1v) is 4.37. The van der Waals surface area contributed by atoms with Crippen molar-refractivity contribution in [3.05, 3.63) is 5.21 Å². The van der Waals surface area contributed by atoms with Gasteiger partial charge in [0.05, 0.1) is 17.6 Å². The van der Waals surface area contributed by atoms with E-state index >= 15 is 0 Å². The molecule has 0 aliphatic heterocycles. The average Bonchev–Trinajstić information content (AvgIpc) is 2.11. The lowest BCUT2D eigenvalue weighted by Gasteiger charge is -2.20. The van der Waals surface area contributed by atoms with E-state index < -0.39 is 0 Å². The fraction of sp³-hybridized carbons (Fsp3) is 1.00. The molecule has 78 valence electrons. The van der Waals surface area contributed by atoms with E-state index in [0.29, 0.717) is 6.54 Å². The summed E-state index contributed by atoms with van der Waals surface area (Å²) in [6, 6.07) is 0.0326. The van der Waals surface area contributed by atoms with Crippen molar-refractivity contribution in [1.82, 2.24) is 10.3 Å². The zero-order valence-corrected chi connectivity index (χ0v) is 8.40. The van der Waals surface area contributed by atoms with Gasteiger partial charge in [-0.15, -0.1) is 5.01 Å². The highest BCUT2D eigenvalue weighted by molar-refractivity contribution is 4.52. The van der Waals surface area contributed by atoms with E-state index in [2.05, 4.69) is 10.6 Å². The van der Waals surface area contributed by atoms with Crippen molar-refractivity contribution in [3.8, 4) is 0 Å². The molecular formula is C7H18N4O2. The Hall–Kier alpha value is -1.04. The highest BCUT2D eigenvalue weighted by Gasteiger charge is 2.15. The Balaban J connectivity index is 3.96. The Kier molecular flexibility index (Phi) is 5.96. The van der Waals surface area contributed by atoms with Gasteiger partial charge >= 0.3 is 0 Å². The van der Waals surface area contributed by atoms with Crippen LogP contribution in [-0.4, -0.2) is 41.4 Å². The molecule has 6 heteroatoms. The van der Waals surface area contributed by atoms with Gasteiger partial charge in [0.2, 0.25) is 5.28 Å². The third kappa shape index (κ3) is 4.51. The molecule has 13 heavy (non-hydrogen) atoms. The van der Waals surface area contributed by atoms with Crippen LogP contribution in [0.3, 0.4) is 0 Å². The minimum atomic E-state index is 0.0326. The maximum atomic E-state index is 11.0. The van der Waals surface area contributed by atoms with Gasteiger partial charge in [-0.1, -0.05) is 0 Å². The van der Waals surface area contributed by atoms with E-state index in [0.717, 1.165) is 13.0 Å². The lowest BCUT2D eigenvalue weighted by Crippen LogP contribution is -2.38. The zero-order valence-electron chi connectivity index (χ0n) is 8.40. The lowest BCUT2D eigenvalue weighted by molar-refractivity contribution is -0.716.